The molecule has 1 amide bonds. The van der Waals surface area contributed by atoms with Gasteiger partial charge in [0, 0.05) is 23.5 Å². The highest BCUT2D eigenvalue weighted by Gasteiger charge is 2.22. The Bertz CT molecular complexity index is 722. The van der Waals surface area contributed by atoms with Crippen molar-refractivity contribution in [2.24, 2.45) is 0 Å². The van der Waals surface area contributed by atoms with Crippen LogP contribution >= 0.6 is 11.5 Å². The van der Waals surface area contributed by atoms with Gasteiger partial charge in [-0.2, -0.15) is 9.36 Å². The number of ether oxygens (including phenoxy) is 2. The fourth-order valence-electron chi connectivity index (χ4n) is 2.43. The Kier molecular flexibility index (Phi) is 5.22. The number of hydrogen-bond acceptors (Lipinski definition) is 6. The van der Waals surface area contributed by atoms with Crippen LogP contribution in [0.1, 0.15) is 45.9 Å². The highest BCUT2D eigenvalue weighted by molar-refractivity contribution is 7.07. The van der Waals surface area contributed by atoms with Crippen LogP contribution in [0.3, 0.4) is 0 Å². The van der Waals surface area contributed by atoms with Crippen molar-refractivity contribution in [1.29, 1.82) is 0 Å². The van der Waals surface area contributed by atoms with E-state index >= 15 is 0 Å². The van der Waals surface area contributed by atoms with Gasteiger partial charge in [0.2, 0.25) is 0 Å². The molecule has 0 aliphatic carbocycles. The number of carbonyl (C=O) groups excluding carboxylic acids is 1. The first-order valence-corrected chi connectivity index (χ1v) is 9.25. The first-order chi connectivity index (χ1) is 11.9. The lowest BCUT2D eigenvalue weighted by molar-refractivity contribution is -0.127. The Morgan fingerprint density at radius 1 is 1.16 bits per heavy atom. The summed E-state index contributed by atoms with van der Waals surface area (Å²) < 4.78 is 15.9. The summed E-state index contributed by atoms with van der Waals surface area (Å²) in [4.78, 5) is 16.3. The largest absolute Gasteiger partial charge is 0.481 e. The van der Waals surface area contributed by atoms with Crippen molar-refractivity contribution in [3.63, 3.8) is 0 Å². The number of carbonyl (C=O) groups is 1. The van der Waals surface area contributed by atoms with Gasteiger partial charge in [0.05, 0.1) is 0 Å². The van der Waals surface area contributed by atoms with Crippen molar-refractivity contribution in [3.05, 3.63) is 30.1 Å². The second-order valence-corrected chi connectivity index (χ2v) is 7.82. The lowest BCUT2D eigenvalue weighted by Gasteiger charge is -2.16. The molecule has 0 radical (unpaired) electrons. The van der Waals surface area contributed by atoms with E-state index in [4.69, 9.17) is 9.47 Å². The topological polar surface area (TPSA) is 73.3 Å². The number of benzene rings is 1. The fourth-order valence-corrected chi connectivity index (χ4v) is 3.17. The second kappa shape index (κ2) is 7.39. The maximum absolute atomic E-state index is 11.9. The number of nitrogens with zero attached hydrogens (tertiary/aromatic N) is 2. The smallest absolute Gasteiger partial charge is 0.298 e. The van der Waals surface area contributed by atoms with Crippen molar-refractivity contribution in [2.75, 3.05) is 6.54 Å². The van der Waals surface area contributed by atoms with Crippen LogP contribution in [0.25, 0.3) is 0 Å². The Balaban J connectivity index is 1.62. The zero-order chi connectivity index (χ0) is 17.9. The molecule has 1 fully saturated rings. The molecule has 6 nitrogen and oxygen atoms in total. The van der Waals surface area contributed by atoms with E-state index in [-0.39, 0.29) is 11.3 Å². The van der Waals surface area contributed by atoms with Gasteiger partial charge >= 0.3 is 0 Å². The van der Waals surface area contributed by atoms with Crippen molar-refractivity contribution in [2.45, 2.75) is 51.6 Å². The van der Waals surface area contributed by atoms with Crippen LogP contribution in [0.5, 0.6) is 16.7 Å². The van der Waals surface area contributed by atoms with Crippen LogP contribution in [0.4, 0.5) is 0 Å². The third-order valence-electron chi connectivity index (χ3n) is 3.87. The molecule has 2 heterocycles. The molecule has 1 unspecified atom stereocenters. The number of hydrogen-bond donors (Lipinski definition) is 1. The molecule has 0 spiro atoms. The van der Waals surface area contributed by atoms with E-state index in [1.165, 1.54) is 11.5 Å². The summed E-state index contributed by atoms with van der Waals surface area (Å²) in [6.07, 6.45) is 2.30. The maximum atomic E-state index is 11.9. The number of nitrogens with one attached hydrogen (secondary N) is 1. The molecule has 1 aromatic heterocycles. The van der Waals surface area contributed by atoms with Crippen molar-refractivity contribution >= 4 is 17.4 Å². The van der Waals surface area contributed by atoms with E-state index in [1.54, 1.807) is 12.1 Å². The molecular formula is C18H23N3O3S. The van der Waals surface area contributed by atoms with Crippen molar-refractivity contribution < 1.29 is 14.3 Å². The van der Waals surface area contributed by atoms with Crippen LogP contribution in [0.15, 0.2) is 24.3 Å². The van der Waals surface area contributed by atoms with Gasteiger partial charge in [0.1, 0.15) is 11.5 Å². The molecule has 1 aliphatic heterocycles. The number of amides is 1. The number of aromatic nitrogens is 2. The van der Waals surface area contributed by atoms with Crippen LogP contribution < -0.4 is 14.8 Å². The Morgan fingerprint density at radius 2 is 1.88 bits per heavy atom. The van der Waals surface area contributed by atoms with Crippen LogP contribution in [0, 0.1) is 0 Å². The standard InChI is InChI=1S/C18H23N3O3S/c1-18(2,3)16-20-17(25-21-16)24-13-9-7-12(8-10-13)23-14-6-4-5-11-19-15(14)22/h7-10,14H,4-6,11H2,1-3H3,(H,19,22). The molecule has 25 heavy (non-hydrogen) atoms. The lowest BCUT2D eigenvalue weighted by atomic mass is 9.96. The summed E-state index contributed by atoms with van der Waals surface area (Å²) in [6, 6.07) is 7.22. The molecule has 0 bridgehead atoms. The van der Waals surface area contributed by atoms with Gasteiger partial charge in [0.25, 0.3) is 11.1 Å². The summed E-state index contributed by atoms with van der Waals surface area (Å²) in [5, 5.41) is 3.39. The van der Waals surface area contributed by atoms with E-state index in [2.05, 4.69) is 35.4 Å². The van der Waals surface area contributed by atoms with Gasteiger partial charge in [-0.25, -0.2) is 0 Å². The molecule has 1 aliphatic rings. The normalized spacial score (nSPS) is 18.4. The third kappa shape index (κ3) is 4.69. The molecule has 134 valence electrons. The van der Waals surface area contributed by atoms with Gasteiger partial charge in [-0.1, -0.05) is 20.8 Å². The van der Waals surface area contributed by atoms with Gasteiger partial charge in [-0.3, -0.25) is 4.79 Å². The first kappa shape index (κ1) is 17.7. The Morgan fingerprint density at radius 3 is 2.56 bits per heavy atom. The van der Waals surface area contributed by atoms with E-state index in [0.717, 1.165) is 31.6 Å². The first-order valence-electron chi connectivity index (χ1n) is 8.48. The molecule has 2 aromatic rings. The minimum atomic E-state index is -0.424. The molecule has 1 aromatic carbocycles. The Labute approximate surface area is 151 Å². The molecule has 7 heteroatoms. The van der Waals surface area contributed by atoms with Crippen LogP contribution in [-0.4, -0.2) is 27.9 Å². The van der Waals surface area contributed by atoms with E-state index in [0.29, 0.717) is 16.7 Å². The summed E-state index contributed by atoms with van der Waals surface area (Å²) >= 11 is 1.24. The summed E-state index contributed by atoms with van der Waals surface area (Å²) in [5.41, 5.74) is -0.102. The SMILES string of the molecule is CC(C)(C)c1nsc(Oc2ccc(OC3CCCCNC3=O)cc2)n1. The summed E-state index contributed by atoms with van der Waals surface area (Å²) in [5.74, 6) is 2.05. The molecule has 1 N–H and O–H groups in total. The monoisotopic (exact) mass is 361 g/mol. The van der Waals surface area contributed by atoms with E-state index in [9.17, 15) is 4.79 Å². The van der Waals surface area contributed by atoms with E-state index in [1.807, 2.05) is 12.1 Å². The highest BCUT2D eigenvalue weighted by Crippen LogP contribution is 2.29. The molecule has 0 saturated carbocycles. The van der Waals surface area contributed by atoms with Gasteiger partial charge in [0.15, 0.2) is 11.9 Å². The van der Waals surface area contributed by atoms with Crippen LogP contribution in [0.2, 0.25) is 0 Å². The second-order valence-electron chi connectivity index (χ2n) is 7.10. The van der Waals surface area contributed by atoms with Crippen molar-refractivity contribution in [1.82, 2.24) is 14.7 Å². The number of rotatable bonds is 4. The Hall–Kier alpha value is -2.15. The predicted molar refractivity (Wildman–Crippen MR) is 96.4 cm³/mol. The van der Waals surface area contributed by atoms with Crippen molar-refractivity contribution in [3.8, 4) is 16.7 Å². The third-order valence-corrected chi connectivity index (χ3v) is 4.47. The molecule has 1 atom stereocenters. The molecular weight excluding hydrogens is 338 g/mol. The zero-order valence-corrected chi connectivity index (χ0v) is 15.6. The summed E-state index contributed by atoms with van der Waals surface area (Å²) in [7, 11) is 0. The average molecular weight is 361 g/mol. The van der Waals surface area contributed by atoms with Gasteiger partial charge < -0.3 is 14.8 Å². The zero-order valence-electron chi connectivity index (χ0n) is 14.7. The van der Waals surface area contributed by atoms with Gasteiger partial charge in [-0.05, 0) is 43.5 Å². The fraction of sp³-hybridized carbons (Fsp3) is 0.500. The molecule has 1 saturated heterocycles. The predicted octanol–water partition coefficient (Wildman–Crippen LogP) is 3.68. The quantitative estimate of drug-likeness (QED) is 0.899. The van der Waals surface area contributed by atoms with E-state index < -0.39 is 6.10 Å². The minimum Gasteiger partial charge on any atom is -0.481 e. The minimum absolute atomic E-state index is 0.0404. The van der Waals surface area contributed by atoms with Gasteiger partial charge in [-0.15, -0.1) is 0 Å². The average Bonchev–Trinajstić information content (AvgIpc) is 2.95. The lowest BCUT2D eigenvalue weighted by Crippen LogP contribution is -2.36. The highest BCUT2D eigenvalue weighted by atomic mass is 32.1. The molecule has 3 rings (SSSR count). The van der Waals surface area contributed by atoms with Crippen LogP contribution in [-0.2, 0) is 10.2 Å². The maximum Gasteiger partial charge on any atom is 0.298 e. The summed E-state index contributed by atoms with van der Waals surface area (Å²) in [6.45, 7) is 6.92.